The molecule has 1 fully saturated rings. The zero-order valence-corrected chi connectivity index (χ0v) is 18.3. The maximum atomic E-state index is 12.9. The Morgan fingerprint density at radius 2 is 1.66 bits per heavy atom. The quantitative estimate of drug-likeness (QED) is 0.411. The van der Waals surface area contributed by atoms with E-state index in [9.17, 15) is 31.5 Å². The van der Waals surface area contributed by atoms with Crippen molar-refractivity contribution in [3.05, 3.63) is 59.7 Å². The first-order chi connectivity index (χ1) is 16.5. The largest absolute Gasteiger partial charge is 0.573 e. The first-order valence-electron chi connectivity index (χ1n) is 10.6. The zero-order valence-electron chi connectivity index (χ0n) is 18.3. The lowest BCUT2D eigenvalue weighted by atomic mass is 10.0. The van der Waals surface area contributed by atoms with Crippen molar-refractivity contribution in [2.24, 2.45) is 5.92 Å². The van der Waals surface area contributed by atoms with Gasteiger partial charge in [0.1, 0.15) is 17.5 Å². The van der Waals surface area contributed by atoms with Crippen LogP contribution in [0.25, 0.3) is 0 Å². The van der Waals surface area contributed by atoms with Crippen LogP contribution >= 0.6 is 0 Å². The molecule has 0 unspecified atom stereocenters. The molecule has 1 saturated carbocycles. The van der Waals surface area contributed by atoms with Gasteiger partial charge in [-0.3, -0.25) is 9.59 Å². The van der Waals surface area contributed by atoms with Crippen molar-refractivity contribution in [3.8, 4) is 11.5 Å². The van der Waals surface area contributed by atoms with Crippen LogP contribution in [0, 0.1) is 5.92 Å². The Balaban J connectivity index is 1.62. The molecule has 0 saturated heterocycles. The van der Waals surface area contributed by atoms with Gasteiger partial charge in [0, 0.05) is 24.9 Å². The summed E-state index contributed by atoms with van der Waals surface area (Å²) < 4.78 is 72.0. The fourth-order valence-corrected chi connectivity index (χ4v) is 3.17. The molecule has 2 aromatic rings. The van der Waals surface area contributed by atoms with Crippen LogP contribution in [-0.4, -0.2) is 55.0 Å². The Kier molecular flexibility index (Phi) is 8.15. The lowest BCUT2D eigenvalue weighted by Crippen LogP contribution is -2.48. The summed E-state index contributed by atoms with van der Waals surface area (Å²) in [5.74, 6) is -4.86. The van der Waals surface area contributed by atoms with E-state index in [0.29, 0.717) is 11.3 Å². The molecule has 12 heteroatoms. The summed E-state index contributed by atoms with van der Waals surface area (Å²) in [5, 5.41) is 13.9. The van der Waals surface area contributed by atoms with Crippen molar-refractivity contribution >= 4 is 11.8 Å². The molecule has 1 aliphatic rings. The zero-order chi connectivity index (χ0) is 25.6. The number of aliphatic hydroxyl groups excluding tert-OH is 1. The van der Waals surface area contributed by atoms with E-state index in [1.54, 1.807) is 0 Å². The minimum Gasteiger partial charge on any atom is -0.493 e. The second kappa shape index (κ2) is 10.9. The first-order valence-corrected chi connectivity index (χ1v) is 10.6. The van der Waals surface area contributed by atoms with Crippen LogP contribution in [0.4, 0.5) is 22.0 Å². The fraction of sp³-hybridized carbons (Fsp3) is 0.391. The third-order valence-electron chi connectivity index (χ3n) is 5.15. The second-order valence-corrected chi connectivity index (χ2v) is 7.93. The number of rotatable bonds is 11. The standard InChI is InChI=1S/C23H23F5N2O5/c24-22(25)12-16(22)13-34-17-7-3-15(4-8-17)20(32)30-19(21(33)29-9-10-31)11-14-1-5-18(6-2-14)35-23(26,27)28/h1-8,16,19,31H,9-13H2,(H,29,33)(H,30,32)/t16-,19-/m0/s1. The van der Waals surface area contributed by atoms with E-state index in [4.69, 9.17) is 9.84 Å². The molecule has 0 aliphatic heterocycles. The number of halogens is 5. The summed E-state index contributed by atoms with van der Waals surface area (Å²) in [6, 6.07) is 9.42. The van der Waals surface area contributed by atoms with Gasteiger partial charge in [-0.05, 0) is 42.0 Å². The van der Waals surface area contributed by atoms with Crippen LogP contribution in [0.5, 0.6) is 11.5 Å². The normalized spacial score (nSPS) is 17.3. The molecule has 7 nitrogen and oxygen atoms in total. The summed E-state index contributed by atoms with van der Waals surface area (Å²) in [6.45, 7) is -0.530. The van der Waals surface area contributed by atoms with E-state index in [1.165, 1.54) is 36.4 Å². The fourth-order valence-electron chi connectivity index (χ4n) is 3.17. The maximum absolute atomic E-state index is 12.9. The smallest absolute Gasteiger partial charge is 0.493 e. The monoisotopic (exact) mass is 502 g/mol. The van der Waals surface area contributed by atoms with Crippen molar-refractivity contribution in [2.75, 3.05) is 19.8 Å². The summed E-state index contributed by atoms with van der Waals surface area (Å²) in [6.07, 6.45) is -5.11. The van der Waals surface area contributed by atoms with Crippen LogP contribution in [0.15, 0.2) is 48.5 Å². The van der Waals surface area contributed by atoms with Crippen LogP contribution in [0.3, 0.4) is 0 Å². The number of benzene rings is 2. The van der Waals surface area contributed by atoms with E-state index >= 15 is 0 Å². The highest BCUT2D eigenvalue weighted by Gasteiger charge is 2.57. The summed E-state index contributed by atoms with van der Waals surface area (Å²) >= 11 is 0. The molecule has 0 aromatic heterocycles. The van der Waals surface area contributed by atoms with Crippen molar-refractivity contribution in [3.63, 3.8) is 0 Å². The van der Waals surface area contributed by atoms with Crippen molar-refractivity contribution in [1.29, 1.82) is 0 Å². The second-order valence-electron chi connectivity index (χ2n) is 7.93. The van der Waals surface area contributed by atoms with Crippen LogP contribution in [0.2, 0.25) is 0 Å². The number of hydrogen-bond donors (Lipinski definition) is 3. The van der Waals surface area contributed by atoms with E-state index in [1.807, 2.05) is 0 Å². The molecule has 2 atom stereocenters. The number of ether oxygens (including phenoxy) is 2. The number of aliphatic hydroxyl groups is 1. The predicted molar refractivity (Wildman–Crippen MR) is 113 cm³/mol. The van der Waals surface area contributed by atoms with Gasteiger partial charge in [-0.2, -0.15) is 0 Å². The van der Waals surface area contributed by atoms with E-state index in [2.05, 4.69) is 15.4 Å². The number of carbonyl (C=O) groups excluding carboxylic acids is 2. The first kappa shape index (κ1) is 26.2. The average molecular weight is 502 g/mol. The topological polar surface area (TPSA) is 96.9 Å². The molecule has 0 heterocycles. The Hall–Kier alpha value is -3.41. The summed E-state index contributed by atoms with van der Waals surface area (Å²) in [7, 11) is 0. The van der Waals surface area contributed by atoms with Gasteiger partial charge in [0.05, 0.1) is 19.1 Å². The highest BCUT2D eigenvalue weighted by molar-refractivity contribution is 5.97. The van der Waals surface area contributed by atoms with Gasteiger partial charge in [0.15, 0.2) is 0 Å². The van der Waals surface area contributed by atoms with E-state index in [0.717, 1.165) is 12.1 Å². The van der Waals surface area contributed by atoms with Crippen molar-refractivity contribution in [1.82, 2.24) is 10.6 Å². The summed E-state index contributed by atoms with van der Waals surface area (Å²) in [5.41, 5.74) is 0.618. The SMILES string of the molecule is O=C(N[C@@H](Cc1ccc(OC(F)(F)F)cc1)C(=O)NCCO)c1ccc(OC[C@@H]2CC2(F)F)cc1. The predicted octanol–water partition coefficient (Wildman–Crippen LogP) is 3.07. The molecule has 3 rings (SSSR count). The molecule has 1 aliphatic carbocycles. The number of hydrogen-bond acceptors (Lipinski definition) is 5. The molecule has 2 amide bonds. The van der Waals surface area contributed by atoms with Gasteiger partial charge in [-0.25, -0.2) is 8.78 Å². The van der Waals surface area contributed by atoms with Crippen LogP contribution in [0.1, 0.15) is 22.3 Å². The van der Waals surface area contributed by atoms with Crippen LogP contribution < -0.4 is 20.1 Å². The Morgan fingerprint density at radius 1 is 1.06 bits per heavy atom. The van der Waals surface area contributed by atoms with Gasteiger partial charge >= 0.3 is 6.36 Å². The van der Waals surface area contributed by atoms with Gasteiger partial charge in [-0.1, -0.05) is 12.1 Å². The maximum Gasteiger partial charge on any atom is 0.573 e. The van der Waals surface area contributed by atoms with Gasteiger partial charge in [0.2, 0.25) is 5.91 Å². The lowest BCUT2D eigenvalue weighted by molar-refractivity contribution is -0.274. The van der Waals surface area contributed by atoms with Gasteiger partial charge in [-0.15, -0.1) is 13.2 Å². The minimum atomic E-state index is -4.84. The van der Waals surface area contributed by atoms with Gasteiger partial charge in [0.25, 0.3) is 11.8 Å². The van der Waals surface area contributed by atoms with E-state index < -0.39 is 41.8 Å². The molecule has 0 bridgehead atoms. The molecule has 2 aromatic carbocycles. The van der Waals surface area contributed by atoms with E-state index in [-0.39, 0.29) is 38.2 Å². The van der Waals surface area contributed by atoms with Gasteiger partial charge < -0.3 is 25.2 Å². The Morgan fingerprint density at radius 3 is 2.20 bits per heavy atom. The molecule has 0 spiro atoms. The summed E-state index contributed by atoms with van der Waals surface area (Å²) in [4.78, 5) is 25.2. The molecule has 35 heavy (non-hydrogen) atoms. The van der Waals surface area contributed by atoms with Crippen molar-refractivity contribution < 1.29 is 46.1 Å². The van der Waals surface area contributed by atoms with Crippen molar-refractivity contribution in [2.45, 2.75) is 31.2 Å². The Labute approximate surface area is 197 Å². The molecule has 190 valence electrons. The molecular weight excluding hydrogens is 479 g/mol. The minimum absolute atomic E-state index is 0.0495. The lowest BCUT2D eigenvalue weighted by Gasteiger charge is -2.19. The average Bonchev–Trinajstić information content (AvgIpc) is 3.42. The number of amides is 2. The molecule has 3 N–H and O–H groups in total. The number of alkyl halides is 5. The highest BCUT2D eigenvalue weighted by Crippen LogP contribution is 2.48. The third-order valence-corrected chi connectivity index (χ3v) is 5.15. The molecule has 0 radical (unpaired) electrons. The third kappa shape index (κ3) is 8.09. The highest BCUT2D eigenvalue weighted by atomic mass is 19.4. The van der Waals surface area contributed by atoms with Crippen LogP contribution in [-0.2, 0) is 11.2 Å². The molecular formula is C23H23F5N2O5. The number of carbonyl (C=O) groups is 2. The Bertz CT molecular complexity index is 1010. The number of nitrogens with one attached hydrogen (secondary N) is 2.